The average Bonchev–Trinajstić information content (AvgIpc) is 2.36. The van der Waals surface area contributed by atoms with Crippen LogP contribution < -0.4 is 5.32 Å². The second-order valence-electron chi connectivity index (χ2n) is 3.58. The summed E-state index contributed by atoms with van der Waals surface area (Å²) in [4.78, 5) is 10.0. The van der Waals surface area contributed by atoms with E-state index in [9.17, 15) is 18.5 Å². The Hall–Kier alpha value is -1.67. The summed E-state index contributed by atoms with van der Waals surface area (Å²) < 4.78 is 25.4. The SMILES string of the molecule is CCN(C)S(=O)(=O)c1cccc(NC)c1[N+](=O)[O-]. The summed E-state index contributed by atoms with van der Waals surface area (Å²) in [7, 11) is -0.963. The quantitative estimate of drug-likeness (QED) is 0.644. The Labute approximate surface area is 106 Å². The summed E-state index contributed by atoms with van der Waals surface area (Å²) in [6.45, 7) is 1.90. The van der Waals surface area contributed by atoms with Crippen LogP contribution in [-0.4, -0.2) is 38.3 Å². The smallest absolute Gasteiger partial charge is 0.312 e. The zero-order valence-corrected chi connectivity index (χ0v) is 11.2. The lowest BCUT2D eigenvalue weighted by molar-refractivity contribution is -0.386. The van der Waals surface area contributed by atoms with Crippen LogP contribution in [0.5, 0.6) is 0 Å². The first kappa shape index (κ1) is 14.4. The highest BCUT2D eigenvalue weighted by Crippen LogP contribution is 2.32. The zero-order valence-electron chi connectivity index (χ0n) is 10.4. The fraction of sp³-hybridized carbons (Fsp3) is 0.400. The second-order valence-corrected chi connectivity index (χ2v) is 5.59. The molecule has 0 fully saturated rings. The number of nitrogens with zero attached hydrogens (tertiary/aromatic N) is 2. The summed E-state index contributed by atoms with van der Waals surface area (Å²) in [5.41, 5.74) is -0.258. The number of anilines is 1. The normalized spacial score (nSPS) is 11.6. The predicted molar refractivity (Wildman–Crippen MR) is 68.1 cm³/mol. The van der Waals surface area contributed by atoms with E-state index in [0.29, 0.717) is 0 Å². The van der Waals surface area contributed by atoms with E-state index in [1.807, 2.05) is 0 Å². The van der Waals surface area contributed by atoms with Crippen molar-refractivity contribution in [2.24, 2.45) is 0 Å². The molecule has 7 nitrogen and oxygen atoms in total. The van der Waals surface area contributed by atoms with Crippen molar-refractivity contribution in [3.05, 3.63) is 28.3 Å². The minimum absolute atomic E-state index is 0.172. The molecule has 0 aliphatic rings. The van der Waals surface area contributed by atoms with E-state index in [2.05, 4.69) is 5.32 Å². The number of nitrogens with one attached hydrogen (secondary N) is 1. The molecule has 0 unspecified atom stereocenters. The third-order valence-corrected chi connectivity index (χ3v) is 4.55. The topological polar surface area (TPSA) is 92.6 Å². The minimum Gasteiger partial charge on any atom is -0.383 e. The van der Waals surface area contributed by atoms with E-state index < -0.39 is 20.6 Å². The highest BCUT2D eigenvalue weighted by molar-refractivity contribution is 7.89. The van der Waals surface area contributed by atoms with Crippen LogP contribution in [0.15, 0.2) is 23.1 Å². The molecule has 0 bridgehead atoms. The first-order chi connectivity index (χ1) is 8.36. The fourth-order valence-electron chi connectivity index (χ4n) is 1.46. The molecule has 1 rings (SSSR count). The van der Waals surface area contributed by atoms with Gasteiger partial charge in [-0.1, -0.05) is 13.0 Å². The molecule has 0 aromatic heterocycles. The van der Waals surface area contributed by atoms with Gasteiger partial charge < -0.3 is 5.32 Å². The Morgan fingerprint density at radius 1 is 1.44 bits per heavy atom. The van der Waals surface area contributed by atoms with E-state index in [1.54, 1.807) is 6.92 Å². The largest absolute Gasteiger partial charge is 0.383 e. The molecular formula is C10H15N3O4S. The molecule has 1 aromatic carbocycles. The van der Waals surface area contributed by atoms with E-state index in [0.717, 1.165) is 4.31 Å². The van der Waals surface area contributed by atoms with Crippen molar-refractivity contribution in [1.82, 2.24) is 4.31 Å². The number of nitro groups is 1. The maximum atomic E-state index is 12.2. The molecule has 8 heteroatoms. The van der Waals surface area contributed by atoms with Crippen LogP contribution in [0, 0.1) is 10.1 Å². The predicted octanol–water partition coefficient (Wildman–Crippen LogP) is 1.28. The molecule has 0 spiro atoms. The first-order valence-electron chi connectivity index (χ1n) is 5.27. The Morgan fingerprint density at radius 3 is 2.50 bits per heavy atom. The third kappa shape index (κ3) is 2.44. The van der Waals surface area contributed by atoms with Gasteiger partial charge in [-0.15, -0.1) is 0 Å². The lowest BCUT2D eigenvalue weighted by atomic mass is 10.3. The third-order valence-electron chi connectivity index (χ3n) is 2.58. The van der Waals surface area contributed by atoms with Crippen molar-refractivity contribution in [3.63, 3.8) is 0 Å². The summed E-state index contributed by atoms with van der Waals surface area (Å²) in [6.07, 6.45) is 0. The van der Waals surface area contributed by atoms with Gasteiger partial charge in [-0.2, -0.15) is 0 Å². The molecule has 18 heavy (non-hydrogen) atoms. The fourth-order valence-corrected chi connectivity index (χ4v) is 2.81. The molecule has 0 saturated heterocycles. The number of hydrogen-bond acceptors (Lipinski definition) is 5. The Kier molecular flexibility index (Phi) is 4.25. The molecule has 0 aliphatic carbocycles. The van der Waals surface area contributed by atoms with Crippen LogP contribution in [0.3, 0.4) is 0 Å². The Balaban J connectivity index is 3.56. The molecular weight excluding hydrogens is 258 g/mol. The van der Waals surface area contributed by atoms with Crippen molar-refractivity contribution in [1.29, 1.82) is 0 Å². The second kappa shape index (κ2) is 5.32. The highest BCUT2D eigenvalue weighted by Gasteiger charge is 2.30. The van der Waals surface area contributed by atoms with Crippen LogP contribution >= 0.6 is 0 Å². The van der Waals surface area contributed by atoms with Gasteiger partial charge in [0.05, 0.1) is 4.92 Å². The van der Waals surface area contributed by atoms with Crippen LogP contribution in [0.2, 0.25) is 0 Å². The molecule has 0 saturated carbocycles. The Morgan fingerprint density at radius 2 is 2.06 bits per heavy atom. The molecule has 0 radical (unpaired) electrons. The van der Waals surface area contributed by atoms with E-state index >= 15 is 0 Å². The van der Waals surface area contributed by atoms with Gasteiger partial charge in [0.25, 0.3) is 0 Å². The minimum atomic E-state index is -3.85. The van der Waals surface area contributed by atoms with E-state index in [4.69, 9.17) is 0 Å². The number of benzene rings is 1. The zero-order chi connectivity index (χ0) is 13.9. The standard InChI is InChI=1S/C10H15N3O4S/c1-4-12(3)18(16,17)9-7-5-6-8(11-2)10(9)13(14)15/h5-7,11H,4H2,1-3H3. The van der Waals surface area contributed by atoms with Crippen LogP contribution in [0.1, 0.15) is 6.92 Å². The number of para-hydroxylation sites is 1. The van der Waals surface area contributed by atoms with Gasteiger partial charge in [0.2, 0.25) is 10.0 Å². The number of rotatable bonds is 5. The van der Waals surface area contributed by atoms with E-state index in [-0.39, 0.29) is 17.1 Å². The first-order valence-corrected chi connectivity index (χ1v) is 6.71. The Bertz CT molecular complexity index is 556. The van der Waals surface area contributed by atoms with Crippen molar-refractivity contribution < 1.29 is 13.3 Å². The maximum absolute atomic E-state index is 12.2. The average molecular weight is 273 g/mol. The van der Waals surface area contributed by atoms with Gasteiger partial charge in [0.15, 0.2) is 4.90 Å². The number of nitro benzene ring substituents is 1. The molecule has 0 heterocycles. The van der Waals surface area contributed by atoms with Crippen LogP contribution in [-0.2, 0) is 10.0 Å². The number of sulfonamides is 1. The lowest BCUT2D eigenvalue weighted by Gasteiger charge is -2.15. The molecule has 1 aromatic rings. The summed E-state index contributed by atoms with van der Waals surface area (Å²) in [5.74, 6) is 0. The lowest BCUT2D eigenvalue weighted by Crippen LogP contribution is -2.27. The number of hydrogen-bond donors (Lipinski definition) is 1. The molecule has 1 N–H and O–H groups in total. The van der Waals surface area contributed by atoms with Gasteiger partial charge >= 0.3 is 5.69 Å². The highest BCUT2D eigenvalue weighted by atomic mass is 32.2. The summed E-state index contributed by atoms with van der Waals surface area (Å²) in [5, 5.41) is 13.7. The summed E-state index contributed by atoms with van der Waals surface area (Å²) >= 11 is 0. The molecule has 0 atom stereocenters. The van der Waals surface area contributed by atoms with Gasteiger partial charge in [0.1, 0.15) is 5.69 Å². The monoisotopic (exact) mass is 273 g/mol. The van der Waals surface area contributed by atoms with Crippen molar-refractivity contribution >= 4 is 21.4 Å². The van der Waals surface area contributed by atoms with Crippen molar-refractivity contribution in [2.45, 2.75) is 11.8 Å². The molecule has 100 valence electrons. The summed E-state index contributed by atoms with van der Waals surface area (Å²) in [6, 6.07) is 4.17. The van der Waals surface area contributed by atoms with Crippen molar-refractivity contribution in [3.8, 4) is 0 Å². The molecule has 0 amide bonds. The van der Waals surface area contributed by atoms with Crippen molar-refractivity contribution in [2.75, 3.05) is 26.0 Å². The van der Waals surface area contributed by atoms with Crippen LogP contribution in [0.25, 0.3) is 0 Å². The van der Waals surface area contributed by atoms with Crippen LogP contribution in [0.4, 0.5) is 11.4 Å². The maximum Gasteiger partial charge on any atom is 0.312 e. The molecule has 0 aliphatic heterocycles. The van der Waals surface area contributed by atoms with Gasteiger partial charge in [0, 0.05) is 20.6 Å². The van der Waals surface area contributed by atoms with E-state index in [1.165, 1.54) is 32.3 Å². The van der Waals surface area contributed by atoms with Gasteiger partial charge in [-0.3, -0.25) is 10.1 Å². The van der Waals surface area contributed by atoms with Gasteiger partial charge in [-0.05, 0) is 12.1 Å². The van der Waals surface area contributed by atoms with Gasteiger partial charge in [-0.25, -0.2) is 12.7 Å².